The summed E-state index contributed by atoms with van der Waals surface area (Å²) in [6.45, 7) is 2.29. The van der Waals surface area contributed by atoms with Gasteiger partial charge in [-0.3, -0.25) is 14.5 Å². The number of hydrogen-bond donors (Lipinski definition) is 1. The van der Waals surface area contributed by atoms with Crippen molar-refractivity contribution >= 4 is 39.1 Å². The van der Waals surface area contributed by atoms with Gasteiger partial charge in [-0.1, -0.05) is 12.1 Å². The summed E-state index contributed by atoms with van der Waals surface area (Å²) in [6.07, 6.45) is 0. The Morgan fingerprint density at radius 3 is 2.39 bits per heavy atom. The summed E-state index contributed by atoms with van der Waals surface area (Å²) in [5.41, 5.74) is 2.24. The monoisotopic (exact) mass is 396 g/mol. The Bertz CT molecular complexity index is 948. The Hall–Kier alpha value is -2.77. The van der Waals surface area contributed by atoms with Gasteiger partial charge in [-0.25, -0.2) is 4.98 Å². The Labute approximate surface area is 168 Å². The van der Waals surface area contributed by atoms with Crippen LogP contribution in [0.2, 0.25) is 0 Å². The molecule has 1 atom stereocenters. The lowest BCUT2D eigenvalue weighted by Crippen LogP contribution is -2.32. The number of likely N-dealkylation sites (N-methyl/N-ethyl adjacent to an activating group) is 1. The second kappa shape index (κ2) is 8.50. The summed E-state index contributed by atoms with van der Waals surface area (Å²) < 4.78 is 1.15. The van der Waals surface area contributed by atoms with Gasteiger partial charge in [0.1, 0.15) is 5.01 Å². The SMILES string of the molecule is C[C@H](c1nc2ccccc2s1)N(C)CC(=O)Nc1ccc(C(=O)N(C)C)cc1. The molecule has 0 radical (unpaired) electrons. The van der Waals surface area contributed by atoms with Crippen molar-refractivity contribution in [1.82, 2.24) is 14.8 Å². The van der Waals surface area contributed by atoms with Crippen molar-refractivity contribution in [2.24, 2.45) is 0 Å². The Balaban J connectivity index is 1.60. The zero-order valence-corrected chi connectivity index (χ0v) is 17.3. The number of aromatic nitrogens is 1. The number of thiazole rings is 1. The van der Waals surface area contributed by atoms with E-state index in [9.17, 15) is 9.59 Å². The molecule has 28 heavy (non-hydrogen) atoms. The first-order valence-corrected chi connectivity index (χ1v) is 9.84. The lowest BCUT2D eigenvalue weighted by atomic mass is 10.2. The number of para-hydroxylation sites is 1. The third-order valence-electron chi connectivity index (χ3n) is 4.54. The maximum Gasteiger partial charge on any atom is 0.253 e. The summed E-state index contributed by atoms with van der Waals surface area (Å²) in [4.78, 5) is 32.5. The van der Waals surface area contributed by atoms with Crippen LogP contribution in [0.25, 0.3) is 10.2 Å². The van der Waals surface area contributed by atoms with Crippen LogP contribution in [0.3, 0.4) is 0 Å². The van der Waals surface area contributed by atoms with Gasteiger partial charge in [0.25, 0.3) is 5.91 Å². The topological polar surface area (TPSA) is 65.5 Å². The van der Waals surface area contributed by atoms with Crippen LogP contribution < -0.4 is 5.32 Å². The fraction of sp³-hybridized carbons (Fsp3) is 0.286. The summed E-state index contributed by atoms with van der Waals surface area (Å²) in [7, 11) is 5.33. The molecule has 1 heterocycles. The van der Waals surface area contributed by atoms with Crippen LogP contribution in [0.5, 0.6) is 0 Å². The second-order valence-electron chi connectivity index (χ2n) is 6.94. The molecular weight excluding hydrogens is 372 g/mol. The zero-order chi connectivity index (χ0) is 20.3. The molecule has 0 aliphatic rings. The number of fused-ring (bicyclic) bond motifs is 1. The molecular formula is C21H24N4O2S. The molecule has 2 aromatic carbocycles. The van der Waals surface area contributed by atoms with Crippen molar-refractivity contribution in [3.8, 4) is 0 Å². The number of amides is 2. The molecule has 3 aromatic rings. The largest absolute Gasteiger partial charge is 0.345 e. The van der Waals surface area contributed by atoms with Gasteiger partial charge in [-0.05, 0) is 50.4 Å². The first-order chi connectivity index (χ1) is 13.3. The van der Waals surface area contributed by atoms with Crippen LogP contribution >= 0.6 is 11.3 Å². The van der Waals surface area contributed by atoms with E-state index in [1.807, 2.05) is 37.1 Å². The lowest BCUT2D eigenvalue weighted by molar-refractivity contribution is -0.117. The predicted molar refractivity (Wildman–Crippen MR) is 114 cm³/mol. The van der Waals surface area contributed by atoms with Crippen LogP contribution in [-0.2, 0) is 4.79 Å². The molecule has 0 aliphatic heterocycles. The minimum atomic E-state index is -0.109. The minimum absolute atomic E-state index is 0.0308. The van der Waals surface area contributed by atoms with Gasteiger partial charge in [0, 0.05) is 25.3 Å². The lowest BCUT2D eigenvalue weighted by Gasteiger charge is -2.22. The van der Waals surface area contributed by atoms with Crippen LogP contribution in [0, 0.1) is 0 Å². The Morgan fingerprint density at radius 1 is 1.07 bits per heavy atom. The van der Waals surface area contributed by atoms with Crippen LogP contribution in [0.1, 0.15) is 28.3 Å². The van der Waals surface area contributed by atoms with E-state index in [4.69, 9.17) is 0 Å². The third kappa shape index (κ3) is 4.55. The molecule has 7 heteroatoms. The van der Waals surface area contributed by atoms with Crippen LogP contribution in [0.15, 0.2) is 48.5 Å². The van der Waals surface area contributed by atoms with Gasteiger partial charge in [0.15, 0.2) is 0 Å². The van der Waals surface area contributed by atoms with E-state index in [1.54, 1.807) is 49.7 Å². The van der Waals surface area contributed by atoms with Gasteiger partial charge < -0.3 is 10.2 Å². The molecule has 2 amide bonds. The van der Waals surface area contributed by atoms with E-state index in [0.717, 1.165) is 15.2 Å². The number of rotatable bonds is 6. The fourth-order valence-corrected chi connectivity index (χ4v) is 3.86. The van der Waals surface area contributed by atoms with Crippen molar-refractivity contribution < 1.29 is 9.59 Å². The van der Waals surface area contributed by atoms with Gasteiger partial charge in [0.2, 0.25) is 5.91 Å². The molecule has 0 bridgehead atoms. The zero-order valence-electron chi connectivity index (χ0n) is 16.5. The average molecular weight is 397 g/mol. The van der Waals surface area contributed by atoms with Crippen LogP contribution in [-0.4, -0.2) is 54.3 Å². The highest BCUT2D eigenvalue weighted by Gasteiger charge is 2.18. The van der Waals surface area contributed by atoms with Crippen molar-refractivity contribution in [1.29, 1.82) is 0 Å². The molecule has 6 nitrogen and oxygen atoms in total. The van der Waals surface area contributed by atoms with E-state index in [2.05, 4.69) is 16.4 Å². The summed E-state index contributed by atoms with van der Waals surface area (Å²) in [5, 5.41) is 3.87. The smallest absolute Gasteiger partial charge is 0.253 e. The van der Waals surface area contributed by atoms with E-state index in [-0.39, 0.29) is 24.4 Å². The first-order valence-electron chi connectivity index (χ1n) is 9.02. The summed E-state index contributed by atoms with van der Waals surface area (Å²) in [6, 6.07) is 15.0. The fourth-order valence-electron chi connectivity index (χ4n) is 2.78. The van der Waals surface area contributed by atoms with Gasteiger partial charge in [-0.2, -0.15) is 0 Å². The molecule has 3 rings (SSSR count). The van der Waals surface area contributed by atoms with E-state index >= 15 is 0 Å². The molecule has 0 unspecified atom stereocenters. The maximum absolute atomic E-state index is 12.4. The molecule has 0 aliphatic carbocycles. The number of hydrogen-bond acceptors (Lipinski definition) is 5. The number of carbonyl (C=O) groups excluding carboxylic acids is 2. The van der Waals surface area contributed by atoms with Crippen molar-refractivity contribution in [2.75, 3.05) is 33.0 Å². The molecule has 1 aromatic heterocycles. The highest BCUT2D eigenvalue weighted by molar-refractivity contribution is 7.18. The van der Waals surface area contributed by atoms with Gasteiger partial charge in [0.05, 0.1) is 22.8 Å². The normalized spacial score (nSPS) is 12.2. The molecule has 1 N–H and O–H groups in total. The number of benzene rings is 2. The molecule has 146 valence electrons. The highest BCUT2D eigenvalue weighted by Crippen LogP contribution is 2.28. The predicted octanol–water partition coefficient (Wildman–Crippen LogP) is 3.63. The van der Waals surface area contributed by atoms with Crippen LogP contribution in [0.4, 0.5) is 5.69 Å². The molecule has 0 saturated carbocycles. The minimum Gasteiger partial charge on any atom is -0.345 e. The summed E-state index contributed by atoms with van der Waals surface area (Å²) >= 11 is 1.65. The summed E-state index contributed by atoms with van der Waals surface area (Å²) in [5.74, 6) is -0.176. The quantitative estimate of drug-likeness (QED) is 0.691. The number of carbonyl (C=O) groups is 2. The number of nitrogens with zero attached hydrogens (tertiary/aromatic N) is 3. The Kier molecular flexibility index (Phi) is 6.06. The highest BCUT2D eigenvalue weighted by atomic mass is 32.1. The van der Waals surface area contributed by atoms with Crippen molar-refractivity contribution in [3.63, 3.8) is 0 Å². The van der Waals surface area contributed by atoms with Gasteiger partial charge in [-0.15, -0.1) is 11.3 Å². The average Bonchev–Trinajstić information content (AvgIpc) is 3.11. The number of nitrogens with one attached hydrogen (secondary N) is 1. The maximum atomic E-state index is 12.4. The third-order valence-corrected chi connectivity index (χ3v) is 5.75. The van der Waals surface area contributed by atoms with Crippen molar-refractivity contribution in [3.05, 3.63) is 59.1 Å². The number of anilines is 1. The Morgan fingerprint density at radius 2 is 1.75 bits per heavy atom. The molecule has 0 saturated heterocycles. The standard InChI is InChI=1S/C21H24N4O2S/c1-14(20-23-17-7-5-6-8-18(17)28-20)25(4)13-19(26)22-16-11-9-15(10-12-16)21(27)24(2)3/h5-12,14H,13H2,1-4H3,(H,22,26)/t14-/m1/s1. The molecule has 0 fully saturated rings. The van der Waals surface area contributed by atoms with Gasteiger partial charge >= 0.3 is 0 Å². The van der Waals surface area contributed by atoms with E-state index in [1.165, 1.54) is 4.90 Å². The first kappa shape index (κ1) is 20.0. The second-order valence-corrected chi connectivity index (χ2v) is 8.00. The molecule has 0 spiro atoms. The van der Waals surface area contributed by atoms with Crippen molar-refractivity contribution in [2.45, 2.75) is 13.0 Å². The van der Waals surface area contributed by atoms with E-state index < -0.39 is 0 Å². The van der Waals surface area contributed by atoms with E-state index in [0.29, 0.717) is 11.3 Å².